The van der Waals surface area contributed by atoms with Gasteiger partial charge in [0.1, 0.15) is 5.76 Å². The van der Waals surface area contributed by atoms with E-state index in [9.17, 15) is 4.79 Å². The summed E-state index contributed by atoms with van der Waals surface area (Å²) in [5.41, 5.74) is 0.509. The van der Waals surface area contributed by atoms with Crippen molar-refractivity contribution >= 4 is 57.8 Å². The van der Waals surface area contributed by atoms with Crippen molar-refractivity contribution in [3.05, 3.63) is 69.5 Å². The van der Waals surface area contributed by atoms with Crippen molar-refractivity contribution in [2.45, 2.75) is 0 Å². The molecule has 0 atom stereocenters. The van der Waals surface area contributed by atoms with Gasteiger partial charge in [-0.25, -0.2) is 4.99 Å². The Labute approximate surface area is 146 Å². The second-order valence-electron chi connectivity index (χ2n) is 4.47. The predicted molar refractivity (Wildman–Crippen MR) is 95.1 cm³/mol. The molecule has 1 aliphatic heterocycles. The standard InChI is InChI=1S/C16H10Cl2N2O2S/c17-10-6-7-12(18)13(9-10)19-16-20-15(21)14(23-16)5-1-3-11-4-2-8-22-11/h1-9H,(H,19,20,21)/b3-1+,14-5+. The molecule has 1 saturated heterocycles. The lowest BCUT2D eigenvalue weighted by molar-refractivity contribution is -0.115. The summed E-state index contributed by atoms with van der Waals surface area (Å²) in [4.78, 5) is 16.8. The lowest BCUT2D eigenvalue weighted by Crippen LogP contribution is -2.19. The number of benzene rings is 1. The Balaban J connectivity index is 1.76. The van der Waals surface area contributed by atoms with Crippen LogP contribution in [0.15, 0.2) is 63.1 Å². The molecule has 0 aliphatic carbocycles. The molecule has 1 aliphatic rings. The maximum Gasteiger partial charge on any atom is 0.264 e. The molecule has 0 radical (unpaired) electrons. The highest BCUT2D eigenvalue weighted by atomic mass is 35.5. The van der Waals surface area contributed by atoms with Crippen molar-refractivity contribution in [2.75, 3.05) is 0 Å². The van der Waals surface area contributed by atoms with Crippen LogP contribution in [0.5, 0.6) is 0 Å². The number of hydrogen-bond acceptors (Lipinski definition) is 4. The van der Waals surface area contributed by atoms with Crippen LogP contribution in [0.1, 0.15) is 5.76 Å². The van der Waals surface area contributed by atoms with E-state index < -0.39 is 0 Å². The Morgan fingerprint density at radius 1 is 1.26 bits per heavy atom. The summed E-state index contributed by atoms with van der Waals surface area (Å²) in [5, 5.41) is 4.14. The monoisotopic (exact) mass is 364 g/mol. The fraction of sp³-hybridized carbons (Fsp3) is 0. The fourth-order valence-corrected chi connectivity index (χ4v) is 2.91. The summed E-state index contributed by atoms with van der Waals surface area (Å²) in [5.74, 6) is 0.501. The lowest BCUT2D eigenvalue weighted by Gasteiger charge is -2.00. The summed E-state index contributed by atoms with van der Waals surface area (Å²) in [6, 6.07) is 8.60. The Morgan fingerprint density at radius 3 is 2.91 bits per heavy atom. The third kappa shape index (κ3) is 4.07. The second kappa shape index (κ2) is 7.08. The third-order valence-corrected chi connectivity index (χ3v) is 4.32. The summed E-state index contributed by atoms with van der Waals surface area (Å²) < 4.78 is 5.18. The molecule has 4 nitrogen and oxygen atoms in total. The number of rotatable bonds is 3. The summed E-state index contributed by atoms with van der Waals surface area (Å²) in [7, 11) is 0. The van der Waals surface area contributed by atoms with E-state index >= 15 is 0 Å². The van der Waals surface area contributed by atoms with Crippen LogP contribution in [0.3, 0.4) is 0 Å². The number of nitrogens with zero attached hydrogens (tertiary/aromatic N) is 1. The van der Waals surface area contributed by atoms with Crippen LogP contribution in [0, 0.1) is 0 Å². The fourth-order valence-electron chi connectivity index (χ4n) is 1.79. The average Bonchev–Trinajstić information content (AvgIpc) is 3.14. The zero-order valence-corrected chi connectivity index (χ0v) is 14.0. The van der Waals surface area contributed by atoms with Gasteiger partial charge in [-0.3, -0.25) is 4.79 Å². The van der Waals surface area contributed by atoms with Crippen molar-refractivity contribution in [1.82, 2.24) is 5.32 Å². The molecule has 2 aromatic rings. The Hall–Kier alpha value is -1.95. The zero-order valence-electron chi connectivity index (χ0n) is 11.6. The minimum absolute atomic E-state index is 0.212. The number of carbonyl (C=O) groups is 1. The largest absolute Gasteiger partial charge is 0.465 e. The van der Waals surface area contributed by atoms with E-state index in [2.05, 4.69) is 10.3 Å². The van der Waals surface area contributed by atoms with Gasteiger partial charge in [0.05, 0.1) is 21.9 Å². The number of allylic oxidation sites excluding steroid dienone is 2. The highest BCUT2D eigenvalue weighted by molar-refractivity contribution is 8.18. The minimum atomic E-state index is -0.212. The first-order valence-corrected chi connectivity index (χ1v) is 8.14. The summed E-state index contributed by atoms with van der Waals surface area (Å²) >= 11 is 13.2. The number of amidine groups is 1. The van der Waals surface area contributed by atoms with Gasteiger partial charge < -0.3 is 9.73 Å². The quantitative estimate of drug-likeness (QED) is 0.776. The van der Waals surface area contributed by atoms with Crippen LogP contribution in [0.4, 0.5) is 5.69 Å². The molecule has 0 bridgehead atoms. The first-order chi connectivity index (χ1) is 11.1. The Morgan fingerprint density at radius 2 is 2.13 bits per heavy atom. The molecule has 0 unspecified atom stereocenters. The highest BCUT2D eigenvalue weighted by Gasteiger charge is 2.23. The maximum atomic E-state index is 11.9. The van der Waals surface area contributed by atoms with Gasteiger partial charge in [-0.1, -0.05) is 29.3 Å². The average molecular weight is 365 g/mol. The van der Waals surface area contributed by atoms with Crippen LogP contribution >= 0.6 is 35.0 Å². The summed E-state index contributed by atoms with van der Waals surface area (Å²) in [6.45, 7) is 0. The maximum absolute atomic E-state index is 11.9. The van der Waals surface area contributed by atoms with E-state index in [1.165, 1.54) is 11.8 Å². The van der Waals surface area contributed by atoms with Gasteiger partial charge in [-0.2, -0.15) is 0 Å². The number of aliphatic imine (C=N–C) groups is 1. The molecule has 1 amide bonds. The van der Waals surface area contributed by atoms with E-state index in [4.69, 9.17) is 27.6 Å². The summed E-state index contributed by atoms with van der Waals surface area (Å²) in [6.07, 6.45) is 6.80. The van der Waals surface area contributed by atoms with Gasteiger partial charge in [-0.15, -0.1) is 0 Å². The molecule has 0 spiro atoms. The number of furan rings is 1. The second-order valence-corrected chi connectivity index (χ2v) is 6.35. The van der Waals surface area contributed by atoms with Gasteiger partial charge >= 0.3 is 0 Å². The number of carbonyl (C=O) groups excluding carboxylic acids is 1. The van der Waals surface area contributed by atoms with Crippen molar-refractivity contribution in [3.63, 3.8) is 0 Å². The number of hydrogen-bond donors (Lipinski definition) is 1. The Kier molecular flexibility index (Phi) is 4.91. The van der Waals surface area contributed by atoms with Crippen molar-refractivity contribution < 1.29 is 9.21 Å². The third-order valence-electron chi connectivity index (χ3n) is 2.83. The van der Waals surface area contributed by atoms with Crippen LogP contribution in [0.25, 0.3) is 6.08 Å². The first-order valence-electron chi connectivity index (χ1n) is 6.56. The van der Waals surface area contributed by atoms with Gasteiger partial charge in [0, 0.05) is 5.02 Å². The predicted octanol–water partition coefficient (Wildman–Crippen LogP) is 5.03. The van der Waals surface area contributed by atoms with E-state index in [-0.39, 0.29) is 5.91 Å². The number of amides is 1. The molecule has 2 heterocycles. The number of thioether (sulfide) groups is 1. The molecule has 1 aromatic heterocycles. The van der Waals surface area contributed by atoms with Gasteiger partial charge in [0.15, 0.2) is 5.17 Å². The van der Waals surface area contributed by atoms with E-state index in [1.54, 1.807) is 48.8 Å². The van der Waals surface area contributed by atoms with Gasteiger partial charge in [0.2, 0.25) is 0 Å². The molecule has 116 valence electrons. The van der Waals surface area contributed by atoms with E-state index in [0.717, 1.165) is 0 Å². The smallest absolute Gasteiger partial charge is 0.264 e. The zero-order chi connectivity index (χ0) is 16.2. The molecular weight excluding hydrogens is 355 g/mol. The first kappa shape index (κ1) is 15.9. The molecule has 7 heteroatoms. The molecule has 1 aromatic carbocycles. The van der Waals surface area contributed by atoms with Crippen molar-refractivity contribution in [2.24, 2.45) is 4.99 Å². The highest BCUT2D eigenvalue weighted by Crippen LogP contribution is 2.31. The van der Waals surface area contributed by atoms with Crippen molar-refractivity contribution in [3.8, 4) is 0 Å². The van der Waals surface area contributed by atoms with Crippen LogP contribution < -0.4 is 5.32 Å². The molecule has 1 fully saturated rings. The molecular formula is C16H10Cl2N2O2S. The van der Waals surface area contributed by atoms with Gasteiger partial charge in [-0.05, 0) is 54.2 Å². The van der Waals surface area contributed by atoms with Crippen molar-refractivity contribution in [1.29, 1.82) is 0 Å². The molecule has 0 saturated carbocycles. The minimum Gasteiger partial charge on any atom is -0.465 e. The SMILES string of the molecule is O=C1NC(=Nc2cc(Cl)ccc2Cl)S/C1=C/C=C/c1ccco1. The topological polar surface area (TPSA) is 54.6 Å². The number of halogens is 2. The van der Waals surface area contributed by atoms with Gasteiger partial charge in [0.25, 0.3) is 5.91 Å². The van der Waals surface area contributed by atoms with E-state index in [0.29, 0.717) is 31.6 Å². The molecule has 1 N–H and O–H groups in total. The number of nitrogens with one attached hydrogen (secondary N) is 1. The van der Waals surface area contributed by atoms with E-state index in [1.807, 2.05) is 6.07 Å². The molecule has 3 rings (SSSR count). The van der Waals surface area contributed by atoms with Crippen LogP contribution in [-0.2, 0) is 4.79 Å². The van der Waals surface area contributed by atoms with Crippen LogP contribution in [0.2, 0.25) is 10.0 Å². The normalized spacial score (nSPS) is 18.3. The Bertz CT molecular complexity index is 827. The van der Waals surface area contributed by atoms with Crippen LogP contribution in [-0.4, -0.2) is 11.1 Å². The lowest BCUT2D eigenvalue weighted by atomic mass is 10.3. The molecule has 23 heavy (non-hydrogen) atoms.